The number of hydrogen-bond donors (Lipinski definition) is 2. The molecule has 0 radical (unpaired) electrons. The normalized spacial score (nSPS) is 39.0. The molecule has 152 valence electrons. The lowest BCUT2D eigenvalue weighted by Crippen LogP contribution is -2.61. The lowest BCUT2D eigenvalue weighted by atomic mass is 9.63. The van der Waals surface area contributed by atoms with Crippen LogP contribution in [0.15, 0.2) is 18.2 Å². The van der Waals surface area contributed by atoms with Gasteiger partial charge in [0.2, 0.25) is 0 Å². The van der Waals surface area contributed by atoms with Gasteiger partial charge in [-0.15, -0.1) is 0 Å². The van der Waals surface area contributed by atoms with E-state index in [1.165, 1.54) is 18.4 Å². The highest BCUT2D eigenvalue weighted by atomic mass is 16.5. The number of aliphatic hydroxyl groups excluding tert-OH is 1. The van der Waals surface area contributed by atoms with E-state index in [0.29, 0.717) is 30.3 Å². The van der Waals surface area contributed by atoms with Crippen LogP contribution in [-0.2, 0) is 9.53 Å². The van der Waals surface area contributed by atoms with E-state index in [9.17, 15) is 9.90 Å². The van der Waals surface area contributed by atoms with E-state index in [1.54, 1.807) is 7.11 Å². The first-order chi connectivity index (χ1) is 13.6. The predicted molar refractivity (Wildman–Crippen MR) is 105 cm³/mol. The van der Waals surface area contributed by atoms with Gasteiger partial charge in [0, 0.05) is 35.8 Å². The molecule has 1 saturated carbocycles. The Morgan fingerprint density at radius 1 is 1.25 bits per heavy atom. The number of ether oxygens (including phenoxy) is 2. The average Bonchev–Trinajstić information content (AvgIpc) is 3.11. The Bertz CT molecular complexity index is 769. The van der Waals surface area contributed by atoms with E-state index < -0.39 is 6.10 Å². The van der Waals surface area contributed by atoms with Gasteiger partial charge in [-0.05, 0) is 56.2 Å². The summed E-state index contributed by atoms with van der Waals surface area (Å²) in [7, 11) is 3.18. The average molecular weight is 386 g/mol. The Morgan fingerprint density at radius 3 is 2.89 bits per heavy atom. The Balaban J connectivity index is 1.44. The first-order valence-corrected chi connectivity index (χ1v) is 10.6. The van der Waals surface area contributed by atoms with Gasteiger partial charge in [0.1, 0.15) is 5.75 Å². The second-order valence-electron chi connectivity index (χ2n) is 8.90. The number of nitrogens with zero attached hydrogens (tertiary/aromatic N) is 1. The SMILES string of the molecule is COC(=O)C1C(O)CCC2CN3CCC4c5c(cccc5OC)NC4C3CC21. The minimum atomic E-state index is -0.575. The Morgan fingerprint density at radius 2 is 2.11 bits per heavy atom. The van der Waals surface area contributed by atoms with Gasteiger partial charge in [-0.25, -0.2) is 0 Å². The molecule has 1 aromatic rings. The van der Waals surface area contributed by atoms with Gasteiger partial charge >= 0.3 is 5.97 Å². The number of benzene rings is 1. The Kier molecular flexibility index (Phi) is 4.51. The zero-order chi connectivity index (χ0) is 19.4. The summed E-state index contributed by atoms with van der Waals surface area (Å²) in [5, 5.41) is 14.3. The van der Waals surface area contributed by atoms with E-state index >= 15 is 0 Å². The molecule has 4 aliphatic rings. The van der Waals surface area contributed by atoms with Crippen LogP contribution < -0.4 is 10.1 Å². The molecule has 1 aromatic carbocycles. The van der Waals surface area contributed by atoms with Crippen molar-refractivity contribution in [1.29, 1.82) is 0 Å². The number of aliphatic hydroxyl groups is 1. The van der Waals surface area contributed by atoms with E-state index in [4.69, 9.17) is 9.47 Å². The molecular weight excluding hydrogens is 356 g/mol. The number of carbonyl (C=O) groups excluding carboxylic acids is 1. The fraction of sp³-hybridized carbons (Fsp3) is 0.682. The highest BCUT2D eigenvalue weighted by Gasteiger charge is 2.53. The van der Waals surface area contributed by atoms with E-state index in [1.807, 2.05) is 6.07 Å². The van der Waals surface area contributed by atoms with Crippen molar-refractivity contribution in [1.82, 2.24) is 4.90 Å². The molecule has 1 aliphatic carbocycles. The molecular formula is C22H30N2O4. The van der Waals surface area contributed by atoms with Crippen LogP contribution in [0.1, 0.15) is 37.2 Å². The molecule has 2 saturated heterocycles. The summed E-state index contributed by atoms with van der Waals surface area (Å²) in [4.78, 5) is 15.1. The molecule has 2 N–H and O–H groups in total. The van der Waals surface area contributed by atoms with Crippen LogP contribution in [0.5, 0.6) is 5.75 Å². The third kappa shape index (κ3) is 2.65. The molecule has 28 heavy (non-hydrogen) atoms. The largest absolute Gasteiger partial charge is 0.496 e. The lowest BCUT2D eigenvalue weighted by molar-refractivity contribution is -0.160. The Hall–Kier alpha value is -1.79. The Labute approximate surface area is 166 Å². The summed E-state index contributed by atoms with van der Waals surface area (Å²) >= 11 is 0. The van der Waals surface area contributed by atoms with Gasteiger partial charge in [-0.2, -0.15) is 0 Å². The van der Waals surface area contributed by atoms with Crippen LogP contribution in [0, 0.1) is 17.8 Å². The number of methoxy groups -OCH3 is 2. The number of rotatable bonds is 2. The van der Waals surface area contributed by atoms with Crippen molar-refractivity contribution in [3.05, 3.63) is 23.8 Å². The minimum absolute atomic E-state index is 0.198. The van der Waals surface area contributed by atoms with E-state index in [2.05, 4.69) is 22.3 Å². The summed E-state index contributed by atoms with van der Waals surface area (Å²) in [5.41, 5.74) is 2.50. The smallest absolute Gasteiger partial charge is 0.311 e. The molecule has 7 atom stereocenters. The van der Waals surface area contributed by atoms with Gasteiger partial charge in [0.25, 0.3) is 0 Å². The molecule has 0 aromatic heterocycles. The van der Waals surface area contributed by atoms with Crippen LogP contribution in [0.2, 0.25) is 0 Å². The summed E-state index contributed by atoms with van der Waals surface area (Å²) in [6, 6.07) is 6.94. The summed E-state index contributed by atoms with van der Waals surface area (Å²) in [6.07, 6.45) is 3.19. The van der Waals surface area contributed by atoms with Crippen molar-refractivity contribution < 1.29 is 19.4 Å². The van der Waals surface area contributed by atoms with Crippen molar-refractivity contribution in [2.75, 3.05) is 32.6 Å². The molecule has 0 bridgehead atoms. The van der Waals surface area contributed by atoms with Crippen molar-refractivity contribution in [3.63, 3.8) is 0 Å². The first kappa shape index (κ1) is 18.3. The van der Waals surface area contributed by atoms with Crippen LogP contribution in [0.25, 0.3) is 0 Å². The highest BCUT2D eigenvalue weighted by Crippen LogP contribution is 2.52. The van der Waals surface area contributed by atoms with Gasteiger partial charge in [-0.3, -0.25) is 9.69 Å². The molecule has 7 unspecified atom stereocenters. The quantitative estimate of drug-likeness (QED) is 0.760. The predicted octanol–water partition coefficient (Wildman–Crippen LogP) is 2.23. The van der Waals surface area contributed by atoms with Gasteiger partial charge in [0.05, 0.1) is 26.2 Å². The number of esters is 1. The van der Waals surface area contributed by atoms with E-state index in [0.717, 1.165) is 38.1 Å². The molecule has 3 aliphatic heterocycles. The minimum Gasteiger partial charge on any atom is -0.496 e. The molecule has 0 amide bonds. The molecule has 0 spiro atoms. The molecule has 3 fully saturated rings. The molecule has 3 heterocycles. The second-order valence-corrected chi connectivity index (χ2v) is 8.90. The second kappa shape index (κ2) is 6.92. The maximum atomic E-state index is 12.5. The third-order valence-corrected chi connectivity index (χ3v) is 7.79. The summed E-state index contributed by atoms with van der Waals surface area (Å²) in [5.74, 6) is 1.45. The number of piperidine rings is 2. The van der Waals surface area contributed by atoms with Crippen LogP contribution in [0.3, 0.4) is 0 Å². The van der Waals surface area contributed by atoms with Crippen LogP contribution in [0.4, 0.5) is 5.69 Å². The van der Waals surface area contributed by atoms with E-state index in [-0.39, 0.29) is 17.8 Å². The van der Waals surface area contributed by atoms with Crippen molar-refractivity contribution in [3.8, 4) is 5.75 Å². The van der Waals surface area contributed by atoms with Crippen molar-refractivity contribution in [2.45, 2.75) is 49.8 Å². The number of nitrogens with one attached hydrogen (secondary N) is 1. The van der Waals surface area contributed by atoms with Gasteiger partial charge < -0.3 is 19.9 Å². The third-order valence-electron chi connectivity index (χ3n) is 7.79. The maximum Gasteiger partial charge on any atom is 0.311 e. The van der Waals surface area contributed by atoms with Gasteiger partial charge in [0.15, 0.2) is 0 Å². The summed E-state index contributed by atoms with van der Waals surface area (Å²) < 4.78 is 10.7. The molecule has 6 nitrogen and oxygen atoms in total. The standard InChI is InChI=1S/C22H30N2O4/c1-27-18-5-3-4-15-19(18)13-8-9-24-11-12-6-7-17(25)20(22(26)28-2)14(12)10-16(24)21(13)23-15/h3-5,12-14,16-17,20-21,23,25H,6-11H2,1-2H3. The zero-order valence-electron chi connectivity index (χ0n) is 16.6. The molecule has 5 rings (SSSR count). The number of anilines is 1. The number of fused-ring (bicyclic) bond motifs is 6. The number of hydrogen-bond acceptors (Lipinski definition) is 6. The molecule has 6 heteroatoms. The maximum absolute atomic E-state index is 12.5. The number of carbonyl (C=O) groups is 1. The van der Waals surface area contributed by atoms with Gasteiger partial charge in [-0.1, -0.05) is 6.07 Å². The topological polar surface area (TPSA) is 71.0 Å². The van der Waals surface area contributed by atoms with Crippen molar-refractivity contribution >= 4 is 11.7 Å². The summed E-state index contributed by atoms with van der Waals surface area (Å²) in [6.45, 7) is 2.10. The monoisotopic (exact) mass is 386 g/mol. The fourth-order valence-electron chi connectivity index (χ4n) is 6.57. The first-order valence-electron chi connectivity index (χ1n) is 10.6. The lowest BCUT2D eigenvalue weighted by Gasteiger charge is -2.54. The van der Waals surface area contributed by atoms with Crippen LogP contribution in [-0.4, -0.2) is 61.5 Å². The van der Waals surface area contributed by atoms with Crippen LogP contribution >= 0.6 is 0 Å². The van der Waals surface area contributed by atoms with Crippen molar-refractivity contribution in [2.24, 2.45) is 17.8 Å². The fourth-order valence-corrected chi connectivity index (χ4v) is 6.57. The zero-order valence-corrected chi connectivity index (χ0v) is 16.6. The highest BCUT2D eigenvalue weighted by molar-refractivity contribution is 5.73.